The highest BCUT2D eigenvalue weighted by atomic mass is 32.2. The van der Waals surface area contributed by atoms with Crippen LogP contribution in [0, 0.1) is 6.92 Å². The second kappa shape index (κ2) is 8.87. The van der Waals surface area contributed by atoms with Crippen molar-refractivity contribution in [1.82, 2.24) is 10.3 Å². The van der Waals surface area contributed by atoms with Gasteiger partial charge < -0.3 is 5.32 Å². The van der Waals surface area contributed by atoms with Crippen LogP contribution in [0.4, 0.5) is 5.69 Å². The first kappa shape index (κ1) is 19.3. The van der Waals surface area contributed by atoms with Gasteiger partial charge in [-0.05, 0) is 36.8 Å². The molecule has 0 atom stereocenters. The second-order valence-corrected chi connectivity index (χ2v) is 8.50. The van der Waals surface area contributed by atoms with Gasteiger partial charge in [0.05, 0.1) is 17.0 Å². The van der Waals surface area contributed by atoms with Gasteiger partial charge in [-0.3, -0.25) is 9.10 Å². The number of sulfonamides is 1. The molecule has 0 saturated carbocycles. The van der Waals surface area contributed by atoms with Crippen LogP contribution >= 0.6 is 11.8 Å². The molecule has 0 radical (unpaired) electrons. The predicted octanol–water partition coefficient (Wildman–Crippen LogP) is 2.06. The van der Waals surface area contributed by atoms with Crippen LogP contribution in [0.15, 0.2) is 53.7 Å². The number of aryl methyl sites for hydroxylation is 1. The summed E-state index contributed by atoms with van der Waals surface area (Å²) in [7, 11) is -3.55. The Labute approximate surface area is 152 Å². The lowest BCUT2D eigenvalue weighted by Crippen LogP contribution is -2.41. The summed E-state index contributed by atoms with van der Waals surface area (Å²) >= 11 is 1.53. The molecule has 2 rings (SSSR count). The highest BCUT2D eigenvalue weighted by Crippen LogP contribution is 2.18. The van der Waals surface area contributed by atoms with Crippen LogP contribution in [0.2, 0.25) is 0 Å². The van der Waals surface area contributed by atoms with Crippen LogP contribution in [0.5, 0.6) is 0 Å². The zero-order chi connectivity index (χ0) is 18.3. The number of anilines is 1. The van der Waals surface area contributed by atoms with E-state index in [1.807, 2.05) is 31.2 Å². The Balaban J connectivity index is 1.89. The fourth-order valence-corrected chi connectivity index (χ4v) is 3.72. The van der Waals surface area contributed by atoms with Gasteiger partial charge in [0.25, 0.3) is 0 Å². The molecule has 1 amide bonds. The number of aromatic nitrogens is 1. The average Bonchev–Trinajstić information content (AvgIpc) is 2.56. The van der Waals surface area contributed by atoms with Crippen LogP contribution in [0.25, 0.3) is 0 Å². The summed E-state index contributed by atoms with van der Waals surface area (Å²) in [5.74, 6) is 0.319. The van der Waals surface area contributed by atoms with E-state index >= 15 is 0 Å². The molecule has 0 bridgehead atoms. The summed E-state index contributed by atoms with van der Waals surface area (Å²) in [5.41, 5.74) is 1.42. The van der Waals surface area contributed by atoms with E-state index in [4.69, 9.17) is 0 Å². The maximum Gasteiger partial charge on any atom is 0.240 e. The number of carbonyl (C=O) groups excluding carboxylic acids is 1. The van der Waals surface area contributed by atoms with Crippen molar-refractivity contribution >= 4 is 33.4 Å². The van der Waals surface area contributed by atoms with Gasteiger partial charge in [-0.25, -0.2) is 13.4 Å². The standard InChI is InChI=1S/C17H21N3O3S2/c1-14-6-5-7-15(12-14)20(25(2,22)23)13-16(21)18-10-11-24-17-8-3-4-9-19-17/h3-9,12H,10-11,13H2,1-2H3,(H,18,21). The van der Waals surface area contributed by atoms with Crippen LogP contribution in [0.1, 0.15) is 5.56 Å². The van der Waals surface area contributed by atoms with E-state index in [0.29, 0.717) is 18.0 Å². The molecule has 0 aliphatic heterocycles. The van der Waals surface area contributed by atoms with E-state index in [-0.39, 0.29) is 12.5 Å². The van der Waals surface area contributed by atoms with Crippen LogP contribution in [-0.4, -0.2) is 44.4 Å². The van der Waals surface area contributed by atoms with Crippen molar-refractivity contribution in [2.45, 2.75) is 11.9 Å². The monoisotopic (exact) mass is 379 g/mol. The van der Waals surface area contributed by atoms with Crippen molar-refractivity contribution < 1.29 is 13.2 Å². The van der Waals surface area contributed by atoms with Gasteiger partial charge in [0.15, 0.2) is 0 Å². The minimum atomic E-state index is -3.55. The number of carbonyl (C=O) groups is 1. The largest absolute Gasteiger partial charge is 0.354 e. The Bertz CT molecular complexity index is 811. The molecule has 2 aromatic rings. The Morgan fingerprint density at radius 1 is 1.24 bits per heavy atom. The predicted molar refractivity (Wildman–Crippen MR) is 101 cm³/mol. The van der Waals surface area contributed by atoms with Crippen molar-refractivity contribution in [3.63, 3.8) is 0 Å². The van der Waals surface area contributed by atoms with E-state index in [1.165, 1.54) is 11.8 Å². The second-order valence-electron chi connectivity index (χ2n) is 5.48. The van der Waals surface area contributed by atoms with Gasteiger partial charge in [-0.1, -0.05) is 18.2 Å². The molecule has 1 N–H and O–H groups in total. The average molecular weight is 380 g/mol. The molecular formula is C17H21N3O3S2. The molecule has 1 heterocycles. The quantitative estimate of drug-likeness (QED) is 0.561. The molecule has 0 aliphatic carbocycles. The third kappa shape index (κ3) is 6.39. The van der Waals surface area contributed by atoms with Gasteiger partial charge in [0, 0.05) is 18.5 Å². The SMILES string of the molecule is Cc1cccc(N(CC(=O)NCCSc2ccccn2)S(C)(=O)=O)c1. The van der Waals surface area contributed by atoms with Crippen LogP contribution in [0.3, 0.4) is 0 Å². The number of nitrogens with zero attached hydrogens (tertiary/aromatic N) is 2. The fraction of sp³-hybridized carbons (Fsp3) is 0.294. The number of nitrogens with one attached hydrogen (secondary N) is 1. The highest BCUT2D eigenvalue weighted by molar-refractivity contribution is 7.99. The first-order chi connectivity index (χ1) is 11.9. The van der Waals surface area contributed by atoms with Gasteiger partial charge in [0.2, 0.25) is 15.9 Å². The number of thioether (sulfide) groups is 1. The van der Waals surface area contributed by atoms with Crippen molar-refractivity contribution in [3.05, 3.63) is 54.2 Å². The van der Waals surface area contributed by atoms with E-state index < -0.39 is 10.0 Å². The van der Waals surface area contributed by atoms with Crippen molar-refractivity contribution in [2.75, 3.05) is 29.4 Å². The smallest absolute Gasteiger partial charge is 0.240 e. The Kier molecular flexibility index (Phi) is 6.83. The first-order valence-electron chi connectivity index (χ1n) is 7.71. The number of rotatable bonds is 8. The van der Waals surface area contributed by atoms with Crippen molar-refractivity contribution in [3.8, 4) is 0 Å². The Morgan fingerprint density at radius 2 is 2.04 bits per heavy atom. The molecule has 6 nitrogen and oxygen atoms in total. The summed E-state index contributed by atoms with van der Waals surface area (Å²) in [6.45, 7) is 2.07. The Morgan fingerprint density at radius 3 is 2.68 bits per heavy atom. The maximum atomic E-state index is 12.1. The lowest BCUT2D eigenvalue weighted by Gasteiger charge is -2.22. The zero-order valence-electron chi connectivity index (χ0n) is 14.2. The number of amides is 1. The van der Waals surface area contributed by atoms with E-state index in [0.717, 1.165) is 21.2 Å². The van der Waals surface area contributed by atoms with Gasteiger partial charge in [0.1, 0.15) is 6.54 Å². The van der Waals surface area contributed by atoms with Gasteiger partial charge >= 0.3 is 0 Å². The van der Waals surface area contributed by atoms with Gasteiger partial charge in [-0.2, -0.15) is 0 Å². The molecule has 1 aromatic carbocycles. The molecule has 0 fully saturated rings. The Hall–Kier alpha value is -2.06. The third-order valence-electron chi connectivity index (χ3n) is 3.29. The normalized spacial score (nSPS) is 11.1. The fourth-order valence-electron chi connectivity index (χ4n) is 2.15. The maximum absolute atomic E-state index is 12.1. The molecule has 0 saturated heterocycles. The molecule has 0 aliphatic rings. The molecule has 134 valence electrons. The minimum absolute atomic E-state index is 0.240. The molecule has 1 aromatic heterocycles. The summed E-state index contributed by atoms with van der Waals surface area (Å²) in [6, 6.07) is 12.7. The third-order valence-corrected chi connectivity index (χ3v) is 5.38. The number of benzene rings is 1. The minimum Gasteiger partial charge on any atom is -0.354 e. The first-order valence-corrected chi connectivity index (χ1v) is 10.5. The topological polar surface area (TPSA) is 79.4 Å². The molecule has 25 heavy (non-hydrogen) atoms. The number of hydrogen-bond donors (Lipinski definition) is 1. The molecular weight excluding hydrogens is 358 g/mol. The summed E-state index contributed by atoms with van der Waals surface area (Å²) in [6.07, 6.45) is 2.81. The van der Waals surface area contributed by atoms with Crippen molar-refractivity contribution in [2.24, 2.45) is 0 Å². The lowest BCUT2D eigenvalue weighted by atomic mass is 10.2. The molecule has 8 heteroatoms. The molecule has 0 spiro atoms. The van der Waals surface area contributed by atoms with Gasteiger partial charge in [-0.15, -0.1) is 11.8 Å². The van der Waals surface area contributed by atoms with Crippen molar-refractivity contribution in [1.29, 1.82) is 0 Å². The number of pyridine rings is 1. The number of hydrogen-bond acceptors (Lipinski definition) is 5. The lowest BCUT2D eigenvalue weighted by molar-refractivity contribution is -0.119. The summed E-state index contributed by atoms with van der Waals surface area (Å²) in [4.78, 5) is 16.3. The zero-order valence-corrected chi connectivity index (χ0v) is 15.8. The summed E-state index contributed by atoms with van der Waals surface area (Å²) in [5, 5.41) is 3.63. The van der Waals surface area contributed by atoms with Crippen LogP contribution < -0.4 is 9.62 Å². The highest BCUT2D eigenvalue weighted by Gasteiger charge is 2.20. The summed E-state index contributed by atoms with van der Waals surface area (Å²) < 4.78 is 25.2. The van der Waals surface area contributed by atoms with E-state index in [2.05, 4.69) is 10.3 Å². The van der Waals surface area contributed by atoms with E-state index in [1.54, 1.807) is 24.4 Å². The molecule has 0 unspecified atom stereocenters. The van der Waals surface area contributed by atoms with E-state index in [9.17, 15) is 13.2 Å². The van der Waals surface area contributed by atoms with Crippen LogP contribution in [-0.2, 0) is 14.8 Å².